The molecule has 1 aliphatic heterocycles. The lowest BCUT2D eigenvalue weighted by Crippen LogP contribution is -2.23. The predicted molar refractivity (Wildman–Crippen MR) is 63.9 cm³/mol. The van der Waals surface area contributed by atoms with Gasteiger partial charge in [0.05, 0.1) is 13.2 Å². The largest absolute Gasteiger partial charge is 0.380 e. The van der Waals surface area contributed by atoms with E-state index >= 15 is 0 Å². The minimum atomic E-state index is 0.510. The van der Waals surface area contributed by atoms with Gasteiger partial charge in [0.25, 0.3) is 0 Å². The second kappa shape index (κ2) is 5.32. The van der Waals surface area contributed by atoms with E-state index in [4.69, 9.17) is 4.74 Å². The SMILES string of the molecule is C(Cn1nnnc1SC1CCOC1)NC1CC1. The molecule has 3 rings (SSSR count). The van der Waals surface area contributed by atoms with Crippen LogP contribution in [-0.4, -0.2) is 51.3 Å². The summed E-state index contributed by atoms with van der Waals surface area (Å²) in [5.41, 5.74) is 0. The molecule has 0 spiro atoms. The van der Waals surface area contributed by atoms with Gasteiger partial charge in [-0.15, -0.1) is 5.10 Å². The summed E-state index contributed by atoms with van der Waals surface area (Å²) in [7, 11) is 0. The third-order valence-electron chi connectivity index (χ3n) is 2.99. The van der Waals surface area contributed by atoms with Crippen molar-refractivity contribution in [1.82, 2.24) is 25.5 Å². The van der Waals surface area contributed by atoms with Gasteiger partial charge in [-0.3, -0.25) is 0 Å². The average Bonchev–Trinajstić information content (AvgIpc) is 2.84. The Morgan fingerprint density at radius 2 is 2.35 bits per heavy atom. The summed E-state index contributed by atoms with van der Waals surface area (Å²) in [4.78, 5) is 0. The molecule has 94 valence electrons. The summed E-state index contributed by atoms with van der Waals surface area (Å²) in [6.45, 7) is 3.48. The normalized spacial score (nSPS) is 24.4. The smallest absolute Gasteiger partial charge is 0.209 e. The Hall–Kier alpha value is -0.660. The van der Waals surface area contributed by atoms with Gasteiger partial charge < -0.3 is 10.1 Å². The fraction of sp³-hybridized carbons (Fsp3) is 0.900. The summed E-state index contributed by atoms with van der Waals surface area (Å²) in [5, 5.41) is 16.7. The first kappa shape index (κ1) is 11.4. The minimum absolute atomic E-state index is 0.510. The highest BCUT2D eigenvalue weighted by atomic mass is 32.2. The molecule has 1 saturated heterocycles. The third kappa shape index (κ3) is 3.17. The molecule has 0 amide bonds. The molecule has 1 atom stereocenters. The lowest BCUT2D eigenvalue weighted by Gasteiger charge is -2.07. The maximum Gasteiger partial charge on any atom is 0.209 e. The van der Waals surface area contributed by atoms with Gasteiger partial charge in [-0.25, -0.2) is 4.68 Å². The van der Waals surface area contributed by atoms with E-state index in [-0.39, 0.29) is 0 Å². The minimum Gasteiger partial charge on any atom is -0.380 e. The zero-order chi connectivity index (χ0) is 11.5. The number of tetrazole rings is 1. The molecular formula is C10H17N5OS. The molecule has 17 heavy (non-hydrogen) atoms. The summed E-state index contributed by atoms with van der Waals surface area (Å²) in [5.74, 6) is 0. The maximum absolute atomic E-state index is 5.36. The number of nitrogens with one attached hydrogen (secondary N) is 1. The number of rotatable bonds is 6. The van der Waals surface area contributed by atoms with Crippen molar-refractivity contribution in [1.29, 1.82) is 0 Å². The van der Waals surface area contributed by atoms with Gasteiger partial charge in [-0.1, -0.05) is 11.8 Å². The van der Waals surface area contributed by atoms with Gasteiger partial charge in [0.2, 0.25) is 5.16 Å². The van der Waals surface area contributed by atoms with E-state index in [1.807, 2.05) is 4.68 Å². The van der Waals surface area contributed by atoms with Crippen LogP contribution in [0.4, 0.5) is 0 Å². The monoisotopic (exact) mass is 255 g/mol. The van der Waals surface area contributed by atoms with Crippen molar-refractivity contribution in [2.24, 2.45) is 0 Å². The molecule has 2 aliphatic rings. The van der Waals surface area contributed by atoms with E-state index in [1.165, 1.54) is 12.8 Å². The molecule has 1 unspecified atom stereocenters. The topological polar surface area (TPSA) is 64.9 Å². The van der Waals surface area contributed by atoms with Crippen LogP contribution in [0.5, 0.6) is 0 Å². The summed E-state index contributed by atoms with van der Waals surface area (Å²) in [6.07, 6.45) is 3.73. The van der Waals surface area contributed by atoms with E-state index in [1.54, 1.807) is 11.8 Å². The number of hydrogen-bond donors (Lipinski definition) is 1. The van der Waals surface area contributed by atoms with Crippen LogP contribution >= 0.6 is 11.8 Å². The Morgan fingerprint density at radius 3 is 3.12 bits per heavy atom. The lowest BCUT2D eigenvalue weighted by atomic mass is 10.4. The summed E-state index contributed by atoms with van der Waals surface area (Å²) >= 11 is 1.73. The van der Waals surface area contributed by atoms with Crippen LogP contribution in [0.2, 0.25) is 0 Å². The number of thioether (sulfide) groups is 1. The maximum atomic E-state index is 5.36. The second-order valence-electron chi connectivity index (χ2n) is 4.52. The highest BCUT2D eigenvalue weighted by Crippen LogP contribution is 2.26. The lowest BCUT2D eigenvalue weighted by molar-refractivity contribution is 0.199. The Bertz CT molecular complexity index is 361. The van der Waals surface area contributed by atoms with Gasteiger partial charge in [0.15, 0.2) is 0 Å². The summed E-state index contributed by atoms with van der Waals surface area (Å²) < 4.78 is 7.24. The molecular weight excluding hydrogens is 238 g/mol. The molecule has 1 aromatic heterocycles. The van der Waals surface area contributed by atoms with Crippen LogP contribution in [0, 0.1) is 0 Å². The van der Waals surface area contributed by atoms with E-state index in [9.17, 15) is 0 Å². The molecule has 6 nitrogen and oxygen atoms in total. The fourth-order valence-corrected chi connectivity index (χ4v) is 2.85. The molecule has 1 aromatic rings. The van der Waals surface area contributed by atoms with Crippen LogP contribution in [0.3, 0.4) is 0 Å². The van der Waals surface area contributed by atoms with Gasteiger partial charge in [0.1, 0.15) is 0 Å². The molecule has 1 saturated carbocycles. The Labute approximate surface area is 104 Å². The average molecular weight is 255 g/mol. The first-order valence-electron chi connectivity index (χ1n) is 6.16. The number of hydrogen-bond acceptors (Lipinski definition) is 6. The fourth-order valence-electron chi connectivity index (χ4n) is 1.84. The molecule has 0 aromatic carbocycles. The third-order valence-corrected chi connectivity index (χ3v) is 4.20. The zero-order valence-electron chi connectivity index (χ0n) is 9.71. The van der Waals surface area contributed by atoms with Crippen LogP contribution in [-0.2, 0) is 11.3 Å². The van der Waals surface area contributed by atoms with Crippen molar-refractivity contribution in [3.8, 4) is 0 Å². The molecule has 0 bridgehead atoms. The van der Waals surface area contributed by atoms with Crippen LogP contribution in [0.25, 0.3) is 0 Å². The molecule has 2 fully saturated rings. The van der Waals surface area contributed by atoms with Gasteiger partial charge >= 0.3 is 0 Å². The standard InChI is InChI=1S/C10H17N5OS/c1-2-8(1)11-4-5-15-10(12-13-14-15)17-9-3-6-16-7-9/h8-9,11H,1-7H2. The molecule has 2 heterocycles. The van der Waals surface area contributed by atoms with Crippen molar-refractivity contribution in [3.05, 3.63) is 0 Å². The van der Waals surface area contributed by atoms with Crippen molar-refractivity contribution in [2.75, 3.05) is 19.8 Å². The van der Waals surface area contributed by atoms with E-state index in [0.717, 1.165) is 43.9 Å². The van der Waals surface area contributed by atoms with Crippen molar-refractivity contribution < 1.29 is 4.74 Å². The number of ether oxygens (including phenoxy) is 1. The van der Waals surface area contributed by atoms with E-state index in [2.05, 4.69) is 20.8 Å². The van der Waals surface area contributed by atoms with Crippen LogP contribution < -0.4 is 5.32 Å². The van der Waals surface area contributed by atoms with Crippen molar-refractivity contribution in [2.45, 2.75) is 42.3 Å². The van der Waals surface area contributed by atoms with Gasteiger partial charge in [-0.2, -0.15) is 0 Å². The molecule has 7 heteroatoms. The predicted octanol–water partition coefficient (Wildman–Crippen LogP) is 0.306. The summed E-state index contributed by atoms with van der Waals surface area (Å²) in [6, 6.07) is 0.741. The number of nitrogens with zero attached hydrogens (tertiary/aromatic N) is 4. The highest BCUT2D eigenvalue weighted by molar-refractivity contribution is 7.99. The van der Waals surface area contributed by atoms with Gasteiger partial charge in [0, 0.05) is 24.4 Å². The Balaban J connectivity index is 1.50. The zero-order valence-corrected chi connectivity index (χ0v) is 10.5. The highest BCUT2D eigenvalue weighted by Gasteiger charge is 2.22. The van der Waals surface area contributed by atoms with Crippen molar-refractivity contribution >= 4 is 11.8 Å². The van der Waals surface area contributed by atoms with E-state index < -0.39 is 0 Å². The second-order valence-corrected chi connectivity index (χ2v) is 5.78. The van der Waals surface area contributed by atoms with Crippen molar-refractivity contribution in [3.63, 3.8) is 0 Å². The number of aromatic nitrogens is 4. The first-order valence-corrected chi connectivity index (χ1v) is 7.04. The molecule has 1 aliphatic carbocycles. The molecule has 0 radical (unpaired) electrons. The Kier molecular flexibility index (Phi) is 3.58. The van der Waals surface area contributed by atoms with Crippen LogP contribution in [0.1, 0.15) is 19.3 Å². The van der Waals surface area contributed by atoms with E-state index in [0.29, 0.717) is 5.25 Å². The van der Waals surface area contributed by atoms with Crippen LogP contribution in [0.15, 0.2) is 5.16 Å². The van der Waals surface area contributed by atoms with Gasteiger partial charge in [-0.05, 0) is 29.7 Å². The molecule has 1 N–H and O–H groups in total. The Morgan fingerprint density at radius 1 is 1.41 bits per heavy atom. The first-order chi connectivity index (χ1) is 8.42. The quantitative estimate of drug-likeness (QED) is 0.789.